The maximum Gasteiger partial charge on any atom is 0.185 e. The predicted octanol–water partition coefficient (Wildman–Crippen LogP) is -3.53. The number of likely N-dealkylation sites (N-methyl/N-ethyl adjacent to an activating group) is 1. The standard InChI is InChI=1S/C6H13N2O.ClH/c1-8(4-5-9)3-2-7-6-8;/h6,9H,2-5H2,1H3;1H/q+1;/p-1. The zero-order valence-corrected chi connectivity index (χ0v) is 6.88. The molecule has 1 aliphatic rings. The highest BCUT2D eigenvalue weighted by molar-refractivity contribution is 5.47. The molecule has 10 heavy (non-hydrogen) atoms. The lowest BCUT2D eigenvalue weighted by Gasteiger charge is -2.22. The van der Waals surface area contributed by atoms with Crippen molar-refractivity contribution in [1.29, 1.82) is 0 Å². The molecule has 3 nitrogen and oxygen atoms in total. The van der Waals surface area contributed by atoms with Gasteiger partial charge in [-0.3, -0.25) is 4.48 Å². The van der Waals surface area contributed by atoms with E-state index in [9.17, 15) is 0 Å². The lowest BCUT2D eigenvalue weighted by Crippen LogP contribution is -3.00. The molecule has 0 aromatic carbocycles. The van der Waals surface area contributed by atoms with Crippen molar-refractivity contribution in [3.05, 3.63) is 0 Å². The summed E-state index contributed by atoms with van der Waals surface area (Å²) in [6, 6.07) is 0. The van der Waals surface area contributed by atoms with E-state index in [1.165, 1.54) is 0 Å². The lowest BCUT2D eigenvalue weighted by atomic mass is 10.4. The molecule has 0 aliphatic carbocycles. The Morgan fingerprint density at radius 3 is 2.80 bits per heavy atom. The summed E-state index contributed by atoms with van der Waals surface area (Å²) in [7, 11) is 2.08. The first kappa shape index (κ1) is 9.88. The van der Waals surface area contributed by atoms with Crippen LogP contribution in [0.4, 0.5) is 0 Å². The van der Waals surface area contributed by atoms with Crippen molar-refractivity contribution < 1.29 is 22.0 Å². The number of aliphatic hydroxyl groups excluding tert-OH is 1. The van der Waals surface area contributed by atoms with Crippen LogP contribution < -0.4 is 12.4 Å². The molecule has 0 aromatic rings. The summed E-state index contributed by atoms with van der Waals surface area (Å²) < 4.78 is 0.802. The summed E-state index contributed by atoms with van der Waals surface area (Å²) >= 11 is 0. The molecule has 0 spiro atoms. The molecule has 1 rings (SSSR count). The SMILES string of the molecule is C[N+]1(CCO)C=NCC1.[Cl-]. The average Bonchev–Trinajstić information content (AvgIpc) is 2.16. The topological polar surface area (TPSA) is 32.6 Å². The highest BCUT2D eigenvalue weighted by Crippen LogP contribution is 2.02. The van der Waals surface area contributed by atoms with Crippen LogP contribution in [0, 0.1) is 0 Å². The van der Waals surface area contributed by atoms with E-state index >= 15 is 0 Å². The number of hydrogen-bond acceptors (Lipinski definition) is 2. The van der Waals surface area contributed by atoms with Gasteiger partial charge in [-0.25, -0.2) is 4.99 Å². The molecule has 0 saturated heterocycles. The van der Waals surface area contributed by atoms with Crippen LogP contribution in [0.25, 0.3) is 0 Å². The van der Waals surface area contributed by atoms with Gasteiger partial charge in [-0.15, -0.1) is 0 Å². The molecule has 1 unspecified atom stereocenters. The Kier molecular flexibility index (Phi) is 3.86. The fraction of sp³-hybridized carbons (Fsp3) is 0.833. The van der Waals surface area contributed by atoms with Crippen LogP contribution in [0.15, 0.2) is 4.99 Å². The first-order valence-electron chi connectivity index (χ1n) is 3.23. The van der Waals surface area contributed by atoms with Crippen LogP contribution in [-0.4, -0.2) is 49.2 Å². The summed E-state index contributed by atoms with van der Waals surface area (Å²) in [4.78, 5) is 4.09. The summed E-state index contributed by atoms with van der Waals surface area (Å²) in [5.41, 5.74) is 0. The van der Waals surface area contributed by atoms with Gasteiger partial charge in [-0.1, -0.05) is 0 Å². The fourth-order valence-corrected chi connectivity index (χ4v) is 0.997. The number of aliphatic hydroxyl groups is 1. The summed E-state index contributed by atoms with van der Waals surface area (Å²) in [6.07, 6.45) is 1.91. The van der Waals surface area contributed by atoms with Gasteiger partial charge < -0.3 is 17.5 Å². The minimum Gasteiger partial charge on any atom is -1.00 e. The minimum atomic E-state index is 0. The minimum absolute atomic E-state index is 0. The number of aliphatic imine (C=N–C) groups is 1. The van der Waals surface area contributed by atoms with E-state index in [2.05, 4.69) is 12.0 Å². The van der Waals surface area contributed by atoms with E-state index < -0.39 is 0 Å². The molecular formula is C6H13ClN2O. The lowest BCUT2D eigenvalue weighted by molar-refractivity contribution is -0.807. The van der Waals surface area contributed by atoms with Gasteiger partial charge >= 0.3 is 0 Å². The van der Waals surface area contributed by atoms with Crippen LogP contribution in [0.1, 0.15) is 0 Å². The third kappa shape index (κ3) is 2.25. The molecule has 0 saturated carbocycles. The Balaban J connectivity index is 0.000000810. The van der Waals surface area contributed by atoms with Gasteiger partial charge in [0, 0.05) is 0 Å². The van der Waals surface area contributed by atoms with Crippen LogP contribution in [-0.2, 0) is 0 Å². The van der Waals surface area contributed by atoms with Crippen molar-refractivity contribution in [3.8, 4) is 0 Å². The van der Waals surface area contributed by atoms with Crippen molar-refractivity contribution in [1.82, 2.24) is 0 Å². The Morgan fingerprint density at radius 2 is 2.40 bits per heavy atom. The average molecular weight is 165 g/mol. The second-order valence-corrected chi connectivity index (χ2v) is 2.67. The van der Waals surface area contributed by atoms with Crippen molar-refractivity contribution in [2.75, 3.05) is 33.3 Å². The Bertz CT molecular complexity index is 129. The van der Waals surface area contributed by atoms with E-state index in [4.69, 9.17) is 5.11 Å². The molecule has 4 heteroatoms. The third-order valence-electron chi connectivity index (χ3n) is 1.71. The van der Waals surface area contributed by atoms with Gasteiger partial charge in [0.1, 0.15) is 13.1 Å². The first-order chi connectivity index (χ1) is 4.27. The normalized spacial score (nSPS) is 30.2. The predicted molar refractivity (Wildman–Crippen MR) is 36.4 cm³/mol. The number of quaternary nitrogens is 1. The Labute approximate surface area is 67.4 Å². The highest BCUT2D eigenvalue weighted by Gasteiger charge is 2.21. The summed E-state index contributed by atoms with van der Waals surface area (Å²) in [6.45, 7) is 3.00. The van der Waals surface area contributed by atoms with Crippen molar-refractivity contribution in [2.24, 2.45) is 4.99 Å². The van der Waals surface area contributed by atoms with E-state index in [1.54, 1.807) is 0 Å². The van der Waals surface area contributed by atoms with Gasteiger partial charge in [0.25, 0.3) is 0 Å². The third-order valence-corrected chi connectivity index (χ3v) is 1.71. The van der Waals surface area contributed by atoms with E-state index in [0.29, 0.717) is 0 Å². The van der Waals surface area contributed by atoms with Gasteiger partial charge in [-0.2, -0.15) is 0 Å². The number of hydrogen-bond donors (Lipinski definition) is 1. The van der Waals surface area contributed by atoms with E-state index in [-0.39, 0.29) is 19.0 Å². The Morgan fingerprint density at radius 1 is 1.70 bits per heavy atom. The van der Waals surface area contributed by atoms with Gasteiger partial charge in [0.15, 0.2) is 6.34 Å². The molecule has 0 fully saturated rings. The van der Waals surface area contributed by atoms with Crippen LogP contribution in [0.5, 0.6) is 0 Å². The second-order valence-electron chi connectivity index (χ2n) is 2.67. The van der Waals surface area contributed by atoms with Crippen molar-refractivity contribution in [3.63, 3.8) is 0 Å². The zero-order valence-electron chi connectivity index (χ0n) is 6.13. The molecule has 60 valence electrons. The molecular weight excluding hydrogens is 152 g/mol. The Hall–Kier alpha value is -0.120. The molecule has 0 radical (unpaired) electrons. The molecule has 1 heterocycles. The largest absolute Gasteiger partial charge is 1.00 e. The van der Waals surface area contributed by atoms with Crippen LogP contribution in [0.2, 0.25) is 0 Å². The van der Waals surface area contributed by atoms with E-state index in [0.717, 1.165) is 24.1 Å². The number of nitrogens with zero attached hydrogens (tertiary/aromatic N) is 2. The molecule has 0 amide bonds. The highest BCUT2D eigenvalue weighted by atomic mass is 35.5. The summed E-state index contributed by atoms with van der Waals surface area (Å²) in [5, 5.41) is 8.61. The second kappa shape index (κ2) is 3.91. The smallest absolute Gasteiger partial charge is 0.185 e. The van der Waals surface area contributed by atoms with Crippen molar-refractivity contribution in [2.45, 2.75) is 0 Å². The van der Waals surface area contributed by atoms with Gasteiger partial charge in [-0.05, 0) is 0 Å². The van der Waals surface area contributed by atoms with Crippen LogP contribution in [0.3, 0.4) is 0 Å². The van der Waals surface area contributed by atoms with Crippen LogP contribution >= 0.6 is 0 Å². The van der Waals surface area contributed by atoms with Crippen molar-refractivity contribution >= 4 is 6.34 Å². The van der Waals surface area contributed by atoms with Gasteiger partial charge in [0.2, 0.25) is 0 Å². The fourth-order valence-electron chi connectivity index (χ4n) is 0.997. The molecule has 1 N–H and O–H groups in total. The first-order valence-corrected chi connectivity index (χ1v) is 3.23. The molecule has 0 aromatic heterocycles. The number of rotatable bonds is 2. The maximum absolute atomic E-state index is 8.61. The zero-order chi connectivity index (χ0) is 6.74. The number of halogens is 1. The quantitative estimate of drug-likeness (QED) is 0.422. The molecule has 1 atom stereocenters. The molecule has 0 bridgehead atoms. The monoisotopic (exact) mass is 164 g/mol. The van der Waals surface area contributed by atoms with E-state index in [1.807, 2.05) is 6.34 Å². The van der Waals surface area contributed by atoms with Gasteiger partial charge in [0.05, 0.1) is 20.2 Å². The summed E-state index contributed by atoms with van der Waals surface area (Å²) in [5.74, 6) is 0. The molecule has 1 aliphatic heterocycles. The maximum atomic E-state index is 8.61.